The van der Waals surface area contributed by atoms with Gasteiger partial charge in [-0.1, -0.05) is 23.7 Å². The third-order valence-corrected chi connectivity index (χ3v) is 4.26. The van der Waals surface area contributed by atoms with Crippen LogP contribution >= 0.6 is 11.6 Å². The van der Waals surface area contributed by atoms with Gasteiger partial charge in [0.15, 0.2) is 0 Å². The Bertz CT molecular complexity index is 632. The molecular formula is C16H15ClFNO. The number of pyridine rings is 1. The van der Waals surface area contributed by atoms with Crippen molar-refractivity contribution in [1.29, 1.82) is 0 Å². The zero-order chi connectivity index (χ0) is 14.1. The summed E-state index contributed by atoms with van der Waals surface area (Å²) < 4.78 is 13.0. The predicted octanol–water partition coefficient (Wildman–Crippen LogP) is 3.51. The van der Waals surface area contributed by atoms with Crippen LogP contribution < -0.4 is 0 Å². The Kier molecular flexibility index (Phi) is 3.72. The monoisotopic (exact) mass is 291 g/mol. The van der Waals surface area contributed by atoms with Gasteiger partial charge in [-0.3, -0.25) is 4.98 Å². The lowest BCUT2D eigenvalue weighted by atomic mass is 9.94. The predicted molar refractivity (Wildman–Crippen MR) is 76.4 cm³/mol. The molecule has 4 heteroatoms. The van der Waals surface area contributed by atoms with E-state index in [-0.39, 0.29) is 11.7 Å². The van der Waals surface area contributed by atoms with E-state index in [4.69, 9.17) is 11.6 Å². The third kappa shape index (κ3) is 2.56. The van der Waals surface area contributed by atoms with Crippen molar-refractivity contribution in [3.05, 3.63) is 64.2 Å². The molecule has 2 nitrogen and oxygen atoms in total. The van der Waals surface area contributed by atoms with Crippen molar-refractivity contribution in [2.45, 2.75) is 31.3 Å². The van der Waals surface area contributed by atoms with Crippen LogP contribution in [0.4, 0.5) is 4.39 Å². The second-order valence-corrected chi connectivity index (χ2v) is 5.61. The second kappa shape index (κ2) is 5.51. The Morgan fingerprint density at radius 3 is 3.05 bits per heavy atom. The van der Waals surface area contributed by atoms with Crippen molar-refractivity contribution in [2.75, 3.05) is 0 Å². The van der Waals surface area contributed by atoms with Crippen LogP contribution in [0.3, 0.4) is 0 Å². The average Bonchev–Trinajstić information content (AvgIpc) is 2.86. The molecule has 1 aliphatic carbocycles. The molecule has 0 saturated heterocycles. The topological polar surface area (TPSA) is 33.1 Å². The summed E-state index contributed by atoms with van der Waals surface area (Å²) in [5, 5.41) is 10.8. The van der Waals surface area contributed by atoms with Crippen molar-refractivity contribution >= 4 is 11.6 Å². The van der Waals surface area contributed by atoms with Crippen molar-refractivity contribution in [3.63, 3.8) is 0 Å². The molecule has 0 fully saturated rings. The minimum absolute atomic E-state index is 0.0346. The molecule has 0 radical (unpaired) electrons. The first-order valence-corrected chi connectivity index (χ1v) is 7.08. The van der Waals surface area contributed by atoms with Crippen molar-refractivity contribution in [2.24, 2.45) is 0 Å². The Balaban J connectivity index is 1.79. The van der Waals surface area contributed by atoms with E-state index in [9.17, 15) is 9.50 Å². The summed E-state index contributed by atoms with van der Waals surface area (Å²) in [6, 6.07) is 8.26. The fourth-order valence-corrected chi connectivity index (χ4v) is 3.12. The quantitative estimate of drug-likeness (QED) is 0.939. The number of rotatable bonds is 3. The first kappa shape index (κ1) is 13.5. The summed E-state index contributed by atoms with van der Waals surface area (Å²) in [6.45, 7) is 0. The molecule has 2 unspecified atom stereocenters. The van der Waals surface area contributed by atoms with Gasteiger partial charge in [-0.2, -0.15) is 0 Å². The van der Waals surface area contributed by atoms with E-state index in [0.717, 1.165) is 24.1 Å². The molecule has 2 atom stereocenters. The highest BCUT2D eigenvalue weighted by atomic mass is 35.5. The van der Waals surface area contributed by atoms with Gasteiger partial charge in [-0.15, -0.1) is 0 Å². The first-order chi connectivity index (χ1) is 9.65. The molecule has 1 heterocycles. The molecule has 104 valence electrons. The third-order valence-electron chi connectivity index (χ3n) is 3.91. The van der Waals surface area contributed by atoms with E-state index in [0.29, 0.717) is 11.4 Å². The molecule has 0 spiro atoms. The molecule has 0 aliphatic heterocycles. The van der Waals surface area contributed by atoms with Gasteiger partial charge in [-0.25, -0.2) is 4.39 Å². The maximum atomic E-state index is 13.0. The number of fused-ring (bicyclic) bond motifs is 1. The second-order valence-electron chi connectivity index (χ2n) is 5.20. The number of hydrogen-bond acceptors (Lipinski definition) is 2. The number of benzene rings is 1. The van der Waals surface area contributed by atoms with E-state index in [1.54, 1.807) is 12.3 Å². The van der Waals surface area contributed by atoms with Crippen molar-refractivity contribution in [3.8, 4) is 0 Å². The summed E-state index contributed by atoms with van der Waals surface area (Å²) in [5.41, 5.74) is 2.96. The van der Waals surface area contributed by atoms with Crippen LogP contribution in [0, 0.1) is 5.82 Å². The van der Waals surface area contributed by atoms with Gasteiger partial charge < -0.3 is 5.11 Å². The molecule has 1 N–H and O–H groups in total. The fraction of sp³-hybridized carbons (Fsp3) is 0.312. The van der Waals surface area contributed by atoms with E-state index in [1.807, 2.05) is 6.07 Å². The molecule has 1 aliphatic rings. The Morgan fingerprint density at radius 1 is 1.40 bits per heavy atom. The van der Waals surface area contributed by atoms with E-state index >= 15 is 0 Å². The summed E-state index contributed by atoms with van der Waals surface area (Å²) in [4.78, 5) is 4.39. The zero-order valence-electron chi connectivity index (χ0n) is 10.9. The van der Waals surface area contributed by atoms with Crippen LogP contribution in [-0.2, 0) is 12.8 Å². The molecule has 0 bridgehead atoms. The maximum Gasteiger partial charge on any atom is 0.124 e. The molecule has 2 aromatic rings. The first-order valence-electron chi connectivity index (χ1n) is 6.71. The SMILES string of the molecule is OC(Cc1ccc(F)cc1Cl)C1CCc2cccnc21. The minimum Gasteiger partial charge on any atom is -0.392 e. The van der Waals surface area contributed by atoms with Gasteiger partial charge in [-0.05, 0) is 42.2 Å². The van der Waals surface area contributed by atoms with Gasteiger partial charge in [0.1, 0.15) is 5.82 Å². The van der Waals surface area contributed by atoms with E-state index in [2.05, 4.69) is 11.1 Å². The van der Waals surface area contributed by atoms with Gasteiger partial charge >= 0.3 is 0 Å². The number of nitrogens with zero attached hydrogens (tertiary/aromatic N) is 1. The molecule has 20 heavy (non-hydrogen) atoms. The Labute approximate surface area is 122 Å². The number of aliphatic hydroxyl groups excluding tert-OH is 1. The molecule has 1 aromatic heterocycles. The molecule has 0 amide bonds. The zero-order valence-corrected chi connectivity index (χ0v) is 11.6. The van der Waals surface area contributed by atoms with E-state index < -0.39 is 6.10 Å². The summed E-state index contributed by atoms with van der Waals surface area (Å²) >= 11 is 6.01. The Hall–Kier alpha value is -1.45. The lowest BCUT2D eigenvalue weighted by Gasteiger charge is -2.19. The van der Waals surface area contributed by atoms with Crippen LogP contribution in [0.15, 0.2) is 36.5 Å². The number of aromatic nitrogens is 1. The minimum atomic E-state index is -0.547. The number of aliphatic hydroxyl groups is 1. The molecule has 1 aromatic carbocycles. The number of halogens is 2. The van der Waals surface area contributed by atoms with Crippen LogP contribution in [0.1, 0.15) is 29.2 Å². The molecular weight excluding hydrogens is 277 g/mol. The van der Waals surface area contributed by atoms with Gasteiger partial charge in [0.05, 0.1) is 6.10 Å². The highest BCUT2D eigenvalue weighted by Crippen LogP contribution is 2.35. The van der Waals surface area contributed by atoms with Crippen molar-refractivity contribution in [1.82, 2.24) is 4.98 Å². The largest absolute Gasteiger partial charge is 0.392 e. The van der Waals surface area contributed by atoms with Gasteiger partial charge in [0, 0.05) is 29.3 Å². The fourth-order valence-electron chi connectivity index (χ4n) is 2.87. The number of hydrogen-bond donors (Lipinski definition) is 1. The average molecular weight is 292 g/mol. The number of aryl methyl sites for hydroxylation is 1. The van der Waals surface area contributed by atoms with Crippen molar-refractivity contribution < 1.29 is 9.50 Å². The highest BCUT2D eigenvalue weighted by molar-refractivity contribution is 6.31. The lowest BCUT2D eigenvalue weighted by Crippen LogP contribution is -2.20. The normalized spacial score (nSPS) is 18.9. The Morgan fingerprint density at radius 2 is 2.25 bits per heavy atom. The van der Waals surface area contributed by atoms with Crippen LogP contribution in [0.2, 0.25) is 5.02 Å². The van der Waals surface area contributed by atoms with E-state index in [1.165, 1.54) is 17.7 Å². The van der Waals surface area contributed by atoms with Crippen LogP contribution in [0.5, 0.6) is 0 Å². The maximum absolute atomic E-state index is 13.0. The summed E-state index contributed by atoms with van der Waals surface area (Å²) in [5.74, 6) is -0.326. The smallest absolute Gasteiger partial charge is 0.124 e. The summed E-state index contributed by atoms with van der Waals surface area (Å²) in [6.07, 6.45) is 3.47. The van der Waals surface area contributed by atoms with Gasteiger partial charge in [0.25, 0.3) is 0 Å². The lowest BCUT2D eigenvalue weighted by molar-refractivity contribution is 0.141. The summed E-state index contributed by atoms with van der Waals surface area (Å²) in [7, 11) is 0. The highest BCUT2D eigenvalue weighted by Gasteiger charge is 2.30. The van der Waals surface area contributed by atoms with Crippen LogP contribution in [-0.4, -0.2) is 16.2 Å². The van der Waals surface area contributed by atoms with Crippen LogP contribution in [0.25, 0.3) is 0 Å². The molecule has 3 rings (SSSR count). The standard InChI is InChI=1S/C16H15ClFNO/c17-14-9-12(18)5-3-11(14)8-15(20)13-6-4-10-2-1-7-19-16(10)13/h1-3,5,7,9,13,15,20H,4,6,8H2. The van der Waals surface area contributed by atoms with Gasteiger partial charge in [0.2, 0.25) is 0 Å². The molecule has 0 saturated carbocycles.